The second kappa shape index (κ2) is 6.91. The van der Waals surface area contributed by atoms with Crippen LogP contribution in [0.25, 0.3) is 6.08 Å². The van der Waals surface area contributed by atoms with E-state index >= 15 is 0 Å². The molecule has 0 saturated carbocycles. The van der Waals surface area contributed by atoms with Gasteiger partial charge in [0.15, 0.2) is 16.6 Å². The molecule has 0 aliphatic carbocycles. The Balaban J connectivity index is 2.39. The molecule has 0 unspecified atom stereocenters. The van der Waals surface area contributed by atoms with Gasteiger partial charge < -0.3 is 14.8 Å². The Morgan fingerprint density at radius 2 is 1.95 bits per heavy atom. The zero-order valence-corrected chi connectivity index (χ0v) is 14.1. The molecule has 1 saturated heterocycles. The topological polar surface area (TPSA) is 59.6 Å². The van der Waals surface area contributed by atoms with Crippen LogP contribution < -0.4 is 20.1 Å². The summed E-state index contributed by atoms with van der Waals surface area (Å²) in [5.74, 6) is 1.03. The normalized spacial score (nSPS) is 15.9. The molecule has 0 radical (unpaired) electrons. The zero-order chi connectivity index (χ0) is 15.4. The largest absolute Gasteiger partial charge is 0.490 e. The van der Waals surface area contributed by atoms with E-state index in [4.69, 9.17) is 21.7 Å². The first kappa shape index (κ1) is 15.8. The molecular formula is C14H15BrN2O3S. The van der Waals surface area contributed by atoms with Gasteiger partial charge in [-0.25, -0.2) is 0 Å². The molecule has 2 N–H and O–H groups in total. The summed E-state index contributed by atoms with van der Waals surface area (Å²) in [5, 5.41) is 5.63. The third kappa shape index (κ3) is 3.74. The highest BCUT2D eigenvalue weighted by Gasteiger charge is 2.20. The van der Waals surface area contributed by atoms with Crippen LogP contribution in [-0.4, -0.2) is 24.2 Å². The van der Waals surface area contributed by atoms with Crippen molar-refractivity contribution in [3.63, 3.8) is 0 Å². The van der Waals surface area contributed by atoms with Crippen molar-refractivity contribution in [1.82, 2.24) is 10.6 Å². The average molecular weight is 371 g/mol. The maximum Gasteiger partial charge on any atom is 0.273 e. The molecule has 0 aromatic heterocycles. The summed E-state index contributed by atoms with van der Waals surface area (Å²) in [5.41, 5.74) is 1.20. The molecule has 0 atom stereocenters. The molecule has 1 heterocycles. The van der Waals surface area contributed by atoms with Crippen molar-refractivity contribution in [1.29, 1.82) is 0 Å². The predicted octanol–water partition coefficient (Wildman–Crippen LogP) is 2.59. The molecule has 1 aromatic carbocycles. The van der Waals surface area contributed by atoms with Crippen LogP contribution in [-0.2, 0) is 4.79 Å². The second-order valence-corrected chi connectivity index (χ2v) is 5.42. The number of amides is 1. The van der Waals surface area contributed by atoms with Crippen LogP contribution in [0.4, 0.5) is 0 Å². The van der Waals surface area contributed by atoms with E-state index in [9.17, 15) is 4.79 Å². The predicted molar refractivity (Wildman–Crippen MR) is 88.3 cm³/mol. The fraction of sp³-hybridized carbons (Fsp3) is 0.286. The molecule has 1 fully saturated rings. The first-order valence-corrected chi connectivity index (χ1v) is 7.68. The van der Waals surface area contributed by atoms with E-state index in [1.165, 1.54) is 0 Å². The van der Waals surface area contributed by atoms with Crippen molar-refractivity contribution in [2.45, 2.75) is 13.8 Å². The molecule has 1 aliphatic heterocycles. The fourth-order valence-electron chi connectivity index (χ4n) is 1.87. The van der Waals surface area contributed by atoms with E-state index in [-0.39, 0.29) is 5.91 Å². The maximum absolute atomic E-state index is 11.7. The molecule has 1 aromatic rings. The number of ether oxygens (including phenoxy) is 2. The van der Waals surface area contributed by atoms with E-state index < -0.39 is 0 Å². The molecule has 112 valence electrons. The summed E-state index contributed by atoms with van der Waals surface area (Å²) in [6, 6.07) is 3.68. The van der Waals surface area contributed by atoms with Crippen LogP contribution >= 0.6 is 28.1 Å². The molecule has 0 spiro atoms. The maximum atomic E-state index is 11.7. The molecule has 2 rings (SSSR count). The first-order chi connectivity index (χ1) is 10.0. The van der Waals surface area contributed by atoms with Crippen molar-refractivity contribution >= 4 is 45.2 Å². The number of thiocarbonyl (C=S) groups is 1. The lowest BCUT2D eigenvalue weighted by Crippen LogP contribution is -2.21. The molecule has 21 heavy (non-hydrogen) atoms. The second-order valence-electron chi connectivity index (χ2n) is 4.16. The highest BCUT2D eigenvalue weighted by molar-refractivity contribution is 9.10. The quantitative estimate of drug-likeness (QED) is 0.616. The van der Waals surface area contributed by atoms with Gasteiger partial charge in [0.25, 0.3) is 5.91 Å². The smallest absolute Gasteiger partial charge is 0.273 e. The van der Waals surface area contributed by atoms with Gasteiger partial charge >= 0.3 is 0 Å². The lowest BCUT2D eigenvalue weighted by Gasteiger charge is -2.13. The average Bonchev–Trinajstić information content (AvgIpc) is 2.72. The molecule has 5 nitrogen and oxygen atoms in total. The van der Waals surface area contributed by atoms with Gasteiger partial charge in [0, 0.05) is 0 Å². The standard InChI is InChI=1S/C14H15BrN2O3S/c1-3-19-11-7-8(5-9(15)12(11)20-4-2)6-10-13(18)17-14(21)16-10/h5-7H,3-4H2,1-2H3,(H2,16,17,18,21)/b10-6-. The number of benzene rings is 1. The minimum Gasteiger partial charge on any atom is -0.490 e. The van der Waals surface area contributed by atoms with Crippen LogP contribution in [0.3, 0.4) is 0 Å². The summed E-state index contributed by atoms with van der Waals surface area (Å²) >= 11 is 8.36. The van der Waals surface area contributed by atoms with E-state index in [1.807, 2.05) is 26.0 Å². The zero-order valence-electron chi connectivity index (χ0n) is 11.7. The van der Waals surface area contributed by atoms with Gasteiger partial charge in [-0.15, -0.1) is 0 Å². The lowest BCUT2D eigenvalue weighted by molar-refractivity contribution is -0.115. The number of hydrogen-bond donors (Lipinski definition) is 2. The summed E-state index contributed by atoms with van der Waals surface area (Å²) < 4.78 is 11.9. The SMILES string of the molecule is CCOc1cc(/C=C2\NC(=S)NC2=O)cc(Br)c1OCC. The fourth-order valence-corrected chi connectivity index (χ4v) is 2.64. The third-order valence-corrected chi connectivity index (χ3v) is 3.44. The van der Waals surface area contributed by atoms with Crippen molar-refractivity contribution < 1.29 is 14.3 Å². The van der Waals surface area contributed by atoms with Crippen molar-refractivity contribution in [2.75, 3.05) is 13.2 Å². The highest BCUT2D eigenvalue weighted by atomic mass is 79.9. The Kier molecular flexibility index (Phi) is 5.19. The minimum absolute atomic E-state index is 0.247. The van der Waals surface area contributed by atoms with E-state index in [0.717, 1.165) is 10.0 Å². The Morgan fingerprint density at radius 3 is 2.52 bits per heavy atom. The van der Waals surface area contributed by atoms with E-state index in [0.29, 0.717) is 35.5 Å². The number of carbonyl (C=O) groups is 1. The van der Waals surface area contributed by atoms with E-state index in [1.54, 1.807) is 6.08 Å². The number of carbonyl (C=O) groups excluding carboxylic acids is 1. The molecule has 1 aliphatic rings. The monoisotopic (exact) mass is 370 g/mol. The number of rotatable bonds is 5. The van der Waals surface area contributed by atoms with Gasteiger partial charge in [0.1, 0.15) is 5.70 Å². The number of nitrogens with one attached hydrogen (secondary N) is 2. The van der Waals surface area contributed by atoms with Crippen LogP contribution in [0.5, 0.6) is 11.5 Å². The summed E-state index contributed by atoms with van der Waals surface area (Å²) in [6.45, 7) is 4.87. The Morgan fingerprint density at radius 1 is 1.24 bits per heavy atom. The van der Waals surface area contributed by atoms with Crippen molar-refractivity contribution in [3.05, 3.63) is 27.9 Å². The molecular weight excluding hydrogens is 356 g/mol. The van der Waals surface area contributed by atoms with Crippen LogP contribution in [0.2, 0.25) is 0 Å². The minimum atomic E-state index is -0.247. The molecule has 1 amide bonds. The number of hydrogen-bond acceptors (Lipinski definition) is 4. The van der Waals surface area contributed by atoms with Crippen LogP contribution in [0, 0.1) is 0 Å². The molecule has 0 bridgehead atoms. The van der Waals surface area contributed by atoms with E-state index in [2.05, 4.69) is 26.6 Å². The summed E-state index contributed by atoms with van der Waals surface area (Å²) in [7, 11) is 0. The lowest BCUT2D eigenvalue weighted by atomic mass is 10.1. The van der Waals surface area contributed by atoms with Crippen LogP contribution in [0.1, 0.15) is 19.4 Å². The Labute approximate surface area is 136 Å². The number of halogens is 1. The third-order valence-electron chi connectivity index (χ3n) is 2.65. The summed E-state index contributed by atoms with van der Waals surface area (Å²) in [6.07, 6.45) is 1.71. The van der Waals surface area contributed by atoms with Crippen molar-refractivity contribution in [3.8, 4) is 11.5 Å². The highest BCUT2D eigenvalue weighted by Crippen LogP contribution is 2.37. The van der Waals surface area contributed by atoms with Crippen LogP contribution in [0.15, 0.2) is 22.3 Å². The first-order valence-electron chi connectivity index (χ1n) is 6.48. The van der Waals surface area contributed by atoms with Gasteiger partial charge in [-0.1, -0.05) is 0 Å². The van der Waals surface area contributed by atoms with Gasteiger partial charge in [-0.3, -0.25) is 10.1 Å². The van der Waals surface area contributed by atoms with Crippen molar-refractivity contribution in [2.24, 2.45) is 0 Å². The van der Waals surface area contributed by atoms with Gasteiger partial charge in [0.05, 0.1) is 17.7 Å². The Hall–Kier alpha value is -1.60. The Bertz CT molecular complexity index is 616. The molecule has 7 heteroatoms. The van der Waals surface area contributed by atoms with Gasteiger partial charge in [-0.05, 0) is 65.8 Å². The summed E-state index contributed by atoms with van der Waals surface area (Å²) in [4.78, 5) is 11.7. The van der Waals surface area contributed by atoms with Gasteiger partial charge in [-0.2, -0.15) is 0 Å². The van der Waals surface area contributed by atoms with Gasteiger partial charge in [0.2, 0.25) is 0 Å².